The molecule has 0 N–H and O–H groups in total. The van der Waals surface area contributed by atoms with Crippen LogP contribution in [0.5, 0.6) is 17.2 Å². The number of aromatic nitrogens is 3. The van der Waals surface area contributed by atoms with Gasteiger partial charge < -0.3 is 14.2 Å². The molecule has 0 aliphatic carbocycles. The van der Waals surface area contributed by atoms with Crippen LogP contribution < -0.4 is 14.2 Å². The van der Waals surface area contributed by atoms with Crippen LogP contribution in [-0.4, -0.2) is 47.6 Å². The first-order valence-corrected chi connectivity index (χ1v) is 10.8. The van der Waals surface area contributed by atoms with Gasteiger partial charge in [0.05, 0.1) is 25.8 Å². The van der Waals surface area contributed by atoms with Gasteiger partial charge in [0.25, 0.3) is 0 Å². The highest BCUT2D eigenvalue weighted by molar-refractivity contribution is 9.10. The van der Waals surface area contributed by atoms with E-state index in [4.69, 9.17) is 14.2 Å². The van der Waals surface area contributed by atoms with Gasteiger partial charge in [-0.1, -0.05) is 11.8 Å². The highest BCUT2D eigenvalue weighted by Gasteiger charge is 2.26. The van der Waals surface area contributed by atoms with E-state index >= 15 is 0 Å². The Morgan fingerprint density at radius 1 is 1.13 bits per heavy atom. The van der Waals surface area contributed by atoms with Gasteiger partial charge in [-0.3, -0.25) is 14.7 Å². The van der Waals surface area contributed by atoms with Crippen molar-refractivity contribution in [3.05, 3.63) is 62.4 Å². The Bertz CT molecular complexity index is 1070. The molecule has 1 atom stereocenters. The van der Waals surface area contributed by atoms with E-state index in [1.165, 1.54) is 26.0 Å². The Morgan fingerprint density at radius 2 is 1.84 bits per heavy atom. The van der Waals surface area contributed by atoms with Crippen molar-refractivity contribution in [2.75, 3.05) is 27.9 Å². The Morgan fingerprint density at radius 3 is 2.42 bits per heavy atom. The molecule has 164 valence electrons. The van der Waals surface area contributed by atoms with Gasteiger partial charge in [-0.05, 0) is 64.8 Å². The average molecular weight is 509 g/mol. The van der Waals surface area contributed by atoms with Crippen molar-refractivity contribution in [3.63, 3.8) is 0 Å². The first-order valence-electron chi connectivity index (χ1n) is 9.14. The number of thioether (sulfide) groups is 1. The highest BCUT2D eigenvalue weighted by Crippen LogP contribution is 2.43. The zero-order valence-electron chi connectivity index (χ0n) is 17.4. The standard InChI is InChI=1S/C20H21BrN4O5S/c1-12-22-23-20(25(12)14-5-7-15(28-2)8-6-14)31-18(11-24(26)27)13-9-16(21)19(30-4)17(10-13)29-3/h5-10,18H,11H2,1-4H3/t18-/m1/s1. The quantitative estimate of drug-likeness (QED) is 0.237. The van der Waals surface area contributed by atoms with E-state index in [0.29, 0.717) is 32.5 Å². The summed E-state index contributed by atoms with van der Waals surface area (Å²) in [5.74, 6) is 2.40. The summed E-state index contributed by atoms with van der Waals surface area (Å²) in [7, 11) is 4.66. The van der Waals surface area contributed by atoms with Gasteiger partial charge in [0, 0.05) is 10.6 Å². The zero-order valence-corrected chi connectivity index (χ0v) is 19.8. The maximum atomic E-state index is 11.4. The summed E-state index contributed by atoms with van der Waals surface area (Å²) < 4.78 is 18.5. The van der Waals surface area contributed by atoms with E-state index in [-0.39, 0.29) is 11.5 Å². The SMILES string of the molecule is COc1ccc(-n2c(C)nnc2S[C@H](C[N+](=O)[O-])c2cc(Br)c(OC)c(OC)c2)cc1. The van der Waals surface area contributed by atoms with E-state index in [2.05, 4.69) is 26.1 Å². The molecule has 0 amide bonds. The number of aryl methyl sites for hydroxylation is 1. The van der Waals surface area contributed by atoms with Crippen molar-refractivity contribution >= 4 is 27.7 Å². The molecule has 31 heavy (non-hydrogen) atoms. The third-order valence-corrected chi connectivity index (χ3v) is 6.29. The van der Waals surface area contributed by atoms with E-state index < -0.39 is 5.25 Å². The summed E-state index contributed by atoms with van der Waals surface area (Å²) in [6.07, 6.45) is 0. The van der Waals surface area contributed by atoms with Gasteiger partial charge in [0.2, 0.25) is 6.54 Å². The number of hydrogen-bond acceptors (Lipinski definition) is 8. The number of rotatable bonds is 9. The van der Waals surface area contributed by atoms with E-state index in [1.54, 1.807) is 19.2 Å². The normalized spacial score (nSPS) is 11.8. The molecule has 0 fully saturated rings. The molecule has 3 rings (SSSR count). The molecule has 0 aliphatic heterocycles. The summed E-state index contributed by atoms with van der Waals surface area (Å²) >= 11 is 4.72. The van der Waals surface area contributed by atoms with Crippen molar-refractivity contribution in [3.8, 4) is 22.9 Å². The number of halogens is 1. The van der Waals surface area contributed by atoms with Gasteiger partial charge in [-0.2, -0.15) is 0 Å². The van der Waals surface area contributed by atoms with Crippen LogP contribution in [0.15, 0.2) is 46.0 Å². The summed E-state index contributed by atoms with van der Waals surface area (Å²) in [5.41, 5.74) is 1.53. The molecule has 2 aromatic carbocycles. The van der Waals surface area contributed by atoms with E-state index in [9.17, 15) is 10.1 Å². The van der Waals surface area contributed by atoms with Crippen LogP contribution in [0.25, 0.3) is 5.69 Å². The third-order valence-electron chi connectivity index (χ3n) is 4.52. The van der Waals surface area contributed by atoms with Crippen LogP contribution in [0.1, 0.15) is 16.6 Å². The largest absolute Gasteiger partial charge is 0.497 e. The Kier molecular flexibility index (Phi) is 7.39. The summed E-state index contributed by atoms with van der Waals surface area (Å²) in [6, 6.07) is 11.0. The highest BCUT2D eigenvalue weighted by atomic mass is 79.9. The monoisotopic (exact) mass is 508 g/mol. The lowest BCUT2D eigenvalue weighted by Gasteiger charge is -2.17. The molecular weight excluding hydrogens is 488 g/mol. The van der Waals surface area contributed by atoms with Crippen molar-refractivity contribution < 1.29 is 19.1 Å². The maximum Gasteiger partial charge on any atom is 0.220 e. The van der Waals surface area contributed by atoms with Crippen molar-refractivity contribution in [2.24, 2.45) is 0 Å². The number of ether oxygens (including phenoxy) is 3. The third kappa shape index (κ3) is 5.10. The Labute approximate surface area is 192 Å². The smallest absolute Gasteiger partial charge is 0.220 e. The number of nitro groups is 1. The first-order chi connectivity index (χ1) is 14.9. The molecule has 0 saturated carbocycles. The average Bonchev–Trinajstić information content (AvgIpc) is 3.12. The predicted molar refractivity (Wildman–Crippen MR) is 120 cm³/mol. The van der Waals surface area contributed by atoms with Crippen LogP contribution in [-0.2, 0) is 0 Å². The van der Waals surface area contributed by atoms with Gasteiger partial charge >= 0.3 is 0 Å². The first kappa shape index (κ1) is 22.9. The molecule has 11 heteroatoms. The van der Waals surface area contributed by atoms with Crippen molar-refractivity contribution in [1.29, 1.82) is 0 Å². The van der Waals surface area contributed by atoms with Crippen molar-refractivity contribution in [1.82, 2.24) is 14.8 Å². The molecule has 0 radical (unpaired) electrons. The van der Waals surface area contributed by atoms with Crippen molar-refractivity contribution in [2.45, 2.75) is 17.3 Å². The minimum atomic E-state index is -0.535. The lowest BCUT2D eigenvalue weighted by atomic mass is 10.1. The Hall–Kier alpha value is -2.79. The number of hydrogen-bond donors (Lipinski definition) is 0. The van der Waals surface area contributed by atoms with Crippen LogP contribution in [0, 0.1) is 17.0 Å². The topological polar surface area (TPSA) is 102 Å². The molecular formula is C20H21BrN4O5S. The van der Waals surface area contributed by atoms with Crippen LogP contribution in [0.3, 0.4) is 0 Å². The molecule has 0 aliphatic rings. The van der Waals surface area contributed by atoms with E-state index in [1.807, 2.05) is 35.8 Å². The summed E-state index contributed by atoms with van der Waals surface area (Å²) in [4.78, 5) is 11.1. The van der Waals surface area contributed by atoms with Gasteiger partial charge in [-0.25, -0.2) is 0 Å². The zero-order chi connectivity index (χ0) is 22.5. The molecule has 0 spiro atoms. The van der Waals surface area contributed by atoms with Crippen LogP contribution in [0.4, 0.5) is 0 Å². The molecule has 0 unspecified atom stereocenters. The second kappa shape index (κ2) is 10.0. The number of methoxy groups -OCH3 is 3. The summed E-state index contributed by atoms with van der Waals surface area (Å²) in [6.45, 7) is 1.53. The second-order valence-corrected chi connectivity index (χ2v) is 8.45. The predicted octanol–water partition coefficient (Wildman–Crippen LogP) is 4.47. The van der Waals surface area contributed by atoms with Crippen LogP contribution in [0.2, 0.25) is 0 Å². The Balaban J connectivity index is 2.01. The second-order valence-electron chi connectivity index (χ2n) is 6.42. The van der Waals surface area contributed by atoms with Gasteiger partial charge in [0.1, 0.15) is 16.8 Å². The molecule has 0 bridgehead atoms. The minimum Gasteiger partial charge on any atom is -0.497 e. The molecule has 9 nitrogen and oxygen atoms in total. The fourth-order valence-corrected chi connectivity index (χ4v) is 4.82. The number of nitrogens with zero attached hydrogens (tertiary/aromatic N) is 4. The lowest BCUT2D eigenvalue weighted by molar-refractivity contribution is -0.479. The van der Waals surface area contributed by atoms with Crippen LogP contribution >= 0.6 is 27.7 Å². The lowest BCUT2D eigenvalue weighted by Crippen LogP contribution is -2.11. The fourth-order valence-electron chi connectivity index (χ4n) is 3.04. The van der Waals surface area contributed by atoms with E-state index in [0.717, 1.165) is 11.4 Å². The maximum absolute atomic E-state index is 11.4. The molecule has 1 aromatic heterocycles. The summed E-state index contributed by atoms with van der Waals surface area (Å²) in [5, 5.41) is 19.9. The molecule has 3 aromatic rings. The molecule has 1 heterocycles. The van der Waals surface area contributed by atoms with Gasteiger partial charge in [-0.15, -0.1) is 10.2 Å². The molecule has 0 saturated heterocycles. The minimum absolute atomic E-state index is 0.304. The fraction of sp³-hybridized carbons (Fsp3) is 0.300. The van der Waals surface area contributed by atoms with Gasteiger partial charge in [0.15, 0.2) is 16.7 Å². The number of benzene rings is 2.